The highest BCUT2D eigenvalue weighted by molar-refractivity contribution is 5.81. The van der Waals surface area contributed by atoms with Gasteiger partial charge >= 0.3 is 5.97 Å². The predicted molar refractivity (Wildman–Crippen MR) is 67.6 cm³/mol. The van der Waals surface area contributed by atoms with Crippen molar-refractivity contribution in [3.63, 3.8) is 0 Å². The number of carbonyl (C=O) groups excluding carboxylic acids is 1. The molecule has 0 saturated carbocycles. The van der Waals surface area contributed by atoms with Gasteiger partial charge in [0.05, 0.1) is 12.0 Å². The Kier molecular flexibility index (Phi) is 7.04. The lowest BCUT2D eigenvalue weighted by atomic mass is 9.84. The fourth-order valence-corrected chi connectivity index (χ4v) is 1.72. The van der Waals surface area contributed by atoms with Crippen LogP contribution in [0.5, 0.6) is 0 Å². The van der Waals surface area contributed by atoms with Gasteiger partial charge in [-0.25, -0.2) is 0 Å². The van der Waals surface area contributed by atoms with Gasteiger partial charge in [0, 0.05) is 0 Å². The molecule has 0 spiro atoms. The van der Waals surface area contributed by atoms with E-state index in [1.807, 2.05) is 0 Å². The van der Waals surface area contributed by atoms with Crippen LogP contribution in [0, 0.1) is 17.8 Å². The van der Waals surface area contributed by atoms with Gasteiger partial charge in [-0.2, -0.15) is 0 Å². The second kappa shape index (κ2) is 7.43. The first kappa shape index (κ1) is 16.1. The number of carboxylic acid groups (broad SMARTS) is 1. The lowest BCUT2D eigenvalue weighted by molar-refractivity contribution is -0.141. The minimum atomic E-state index is -0.745. The van der Waals surface area contributed by atoms with Crippen molar-refractivity contribution in [1.82, 2.24) is 0 Å². The van der Waals surface area contributed by atoms with Gasteiger partial charge in [0.15, 0.2) is 0 Å². The van der Waals surface area contributed by atoms with E-state index in [-0.39, 0.29) is 17.7 Å². The van der Waals surface area contributed by atoms with E-state index in [2.05, 4.69) is 13.8 Å². The van der Waals surface area contributed by atoms with E-state index in [4.69, 9.17) is 10.8 Å². The first-order valence-electron chi connectivity index (χ1n) is 6.24. The summed E-state index contributed by atoms with van der Waals surface area (Å²) in [5.74, 6) is -0.295. The normalized spacial score (nSPS) is 18.2. The van der Waals surface area contributed by atoms with E-state index in [1.54, 1.807) is 6.92 Å². The van der Waals surface area contributed by atoms with Crippen LogP contribution >= 0.6 is 0 Å². The van der Waals surface area contributed by atoms with Crippen LogP contribution in [0.3, 0.4) is 0 Å². The average molecular weight is 243 g/mol. The third-order valence-electron chi connectivity index (χ3n) is 3.60. The zero-order chi connectivity index (χ0) is 13.6. The molecule has 4 heteroatoms. The first-order valence-corrected chi connectivity index (χ1v) is 6.24. The Balaban J connectivity index is 4.01. The summed E-state index contributed by atoms with van der Waals surface area (Å²) in [7, 11) is 0. The molecule has 0 aromatic carbocycles. The smallest absolute Gasteiger partial charge is 0.306 e. The Bertz CT molecular complexity index is 265. The van der Waals surface area contributed by atoms with Crippen molar-refractivity contribution >= 4 is 11.8 Å². The van der Waals surface area contributed by atoms with Crippen LogP contribution in [0.25, 0.3) is 0 Å². The maximum atomic E-state index is 11.1. The van der Waals surface area contributed by atoms with Crippen LogP contribution < -0.4 is 5.73 Å². The van der Waals surface area contributed by atoms with Gasteiger partial charge in [-0.1, -0.05) is 20.8 Å². The summed E-state index contributed by atoms with van der Waals surface area (Å²) in [5, 5.41) is 8.79. The molecule has 0 aromatic rings. The van der Waals surface area contributed by atoms with Crippen LogP contribution in [0.1, 0.15) is 47.0 Å². The summed E-state index contributed by atoms with van der Waals surface area (Å²) >= 11 is 0. The van der Waals surface area contributed by atoms with Gasteiger partial charge in [-0.15, -0.1) is 0 Å². The number of nitrogens with two attached hydrogens (primary N) is 1. The number of rotatable bonds is 8. The highest BCUT2D eigenvalue weighted by Crippen LogP contribution is 2.23. The van der Waals surface area contributed by atoms with Gasteiger partial charge in [0.1, 0.15) is 5.78 Å². The third-order valence-corrected chi connectivity index (χ3v) is 3.60. The van der Waals surface area contributed by atoms with Crippen LogP contribution in [-0.4, -0.2) is 22.9 Å². The predicted octanol–water partition coefficient (Wildman–Crippen LogP) is 2.07. The zero-order valence-electron chi connectivity index (χ0n) is 11.3. The van der Waals surface area contributed by atoms with Crippen molar-refractivity contribution in [2.45, 2.75) is 53.0 Å². The zero-order valence-corrected chi connectivity index (χ0v) is 11.3. The number of carbonyl (C=O) groups is 2. The summed E-state index contributed by atoms with van der Waals surface area (Å²) in [6.07, 6.45) is 2.22. The minimum absolute atomic E-state index is 0.0166. The molecule has 17 heavy (non-hydrogen) atoms. The van der Waals surface area contributed by atoms with E-state index in [0.717, 1.165) is 6.42 Å². The quantitative estimate of drug-likeness (QED) is 0.684. The second-order valence-electron chi connectivity index (χ2n) is 5.22. The Morgan fingerprint density at radius 3 is 2.06 bits per heavy atom. The molecule has 0 fully saturated rings. The molecular weight excluding hydrogens is 218 g/mol. The van der Waals surface area contributed by atoms with Crippen molar-refractivity contribution in [3.8, 4) is 0 Å². The molecule has 0 bridgehead atoms. The van der Waals surface area contributed by atoms with E-state index >= 15 is 0 Å². The van der Waals surface area contributed by atoms with Gasteiger partial charge in [-0.05, 0) is 38.0 Å². The van der Waals surface area contributed by atoms with Crippen molar-refractivity contribution < 1.29 is 14.7 Å². The molecule has 2 unspecified atom stereocenters. The number of hydrogen-bond acceptors (Lipinski definition) is 3. The fraction of sp³-hybridized carbons (Fsp3) is 0.846. The van der Waals surface area contributed by atoms with E-state index < -0.39 is 5.97 Å². The summed E-state index contributed by atoms with van der Waals surface area (Å²) < 4.78 is 0. The van der Waals surface area contributed by atoms with E-state index in [1.165, 1.54) is 6.92 Å². The van der Waals surface area contributed by atoms with Crippen LogP contribution in [0.15, 0.2) is 0 Å². The van der Waals surface area contributed by atoms with Crippen molar-refractivity contribution in [1.29, 1.82) is 0 Å². The standard InChI is InChI=1S/C13H25NO3/c1-8(5-6-9(2)13(16)17)10(3)7-12(14)11(4)15/h8-10,12H,5-7,14H2,1-4H3,(H,16,17)/t8?,9-,10?,12-/m0/s1. The maximum Gasteiger partial charge on any atom is 0.306 e. The highest BCUT2D eigenvalue weighted by atomic mass is 16.4. The molecule has 0 heterocycles. The largest absolute Gasteiger partial charge is 0.481 e. The number of hydrogen-bond donors (Lipinski definition) is 2. The molecule has 0 aliphatic carbocycles. The SMILES string of the molecule is CC(=O)[C@@H](N)CC(C)C(C)CC[C@H](C)C(=O)O. The molecule has 0 aliphatic heterocycles. The van der Waals surface area contributed by atoms with Crippen LogP contribution in [0.2, 0.25) is 0 Å². The van der Waals surface area contributed by atoms with Crippen LogP contribution in [0.4, 0.5) is 0 Å². The molecule has 0 rings (SSSR count). The second-order valence-corrected chi connectivity index (χ2v) is 5.22. The van der Waals surface area contributed by atoms with Crippen molar-refractivity contribution in [2.75, 3.05) is 0 Å². The number of ketones is 1. The first-order chi connectivity index (χ1) is 7.75. The Hall–Kier alpha value is -0.900. The molecule has 4 nitrogen and oxygen atoms in total. The lowest BCUT2D eigenvalue weighted by Crippen LogP contribution is -2.31. The fourth-order valence-electron chi connectivity index (χ4n) is 1.72. The molecule has 4 atom stereocenters. The van der Waals surface area contributed by atoms with Crippen LogP contribution in [-0.2, 0) is 9.59 Å². The Morgan fingerprint density at radius 1 is 1.12 bits per heavy atom. The van der Waals surface area contributed by atoms with Gasteiger partial charge in [0.25, 0.3) is 0 Å². The van der Waals surface area contributed by atoms with Gasteiger partial charge in [-0.3, -0.25) is 9.59 Å². The molecule has 100 valence electrons. The van der Waals surface area contributed by atoms with Crippen molar-refractivity contribution in [2.24, 2.45) is 23.5 Å². The summed E-state index contributed by atoms with van der Waals surface area (Å²) in [5.41, 5.74) is 5.72. The third kappa shape index (κ3) is 6.41. The average Bonchev–Trinajstić information content (AvgIpc) is 2.24. The topological polar surface area (TPSA) is 80.4 Å². The summed E-state index contributed by atoms with van der Waals surface area (Å²) in [6.45, 7) is 7.39. The summed E-state index contributed by atoms with van der Waals surface area (Å²) in [4.78, 5) is 21.7. The molecular formula is C13H25NO3. The molecule has 0 aliphatic rings. The van der Waals surface area contributed by atoms with E-state index in [0.29, 0.717) is 24.7 Å². The minimum Gasteiger partial charge on any atom is -0.481 e. The Labute approximate surface area is 104 Å². The van der Waals surface area contributed by atoms with Gasteiger partial charge < -0.3 is 10.8 Å². The molecule has 0 amide bonds. The van der Waals surface area contributed by atoms with Gasteiger partial charge in [0.2, 0.25) is 0 Å². The molecule has 0 saturated heterocycles. The Morgan fingerprint density at radius 2 is 1.65 bits per heavy atom. The molecule has 3 N–H and O–H groups in total. The summed E-state index contributed by atoms with van der Waals surface area (Å²) in [6, 6.07) is -0.385. The molecule has 0 aromatic heterocycles. The maximum absolute atomic E-state index is 11.1. The molecule has 0 radical (unpaired) electrons. The lowest BCUT2D eigenvalue weighted by Gasteiger charge is -2.22. The van der Waals surface area contributed by atoms with Crippen molar-refractivity contribution in [3.05, 3.63) is 0 Å². The number of aliphatic carboxylic acids is 1. The number of carboxylic acids is 1. The number of Topliss-reactive ketones (excluding diaryl/α,β-unsaturated/α-hetero) is 1. The van der Waals surface area contributed by atoms with E-state index in [9.17, 15) is 9.59 Å². The monoisotopic (exact) mass is 243 g/mol. The highest BCUT2D eigenvalue weighted by Gasteiger charge is 2.20.